The molecule has 1 unspecified atom stereocenters. The average molecular weight is 280 g/mol. The van der Waals surface area contributed by atoms with Crippen molar-refractivity contribution in [1.82, 2.24) is 0 Å². The molecule has 1 atom stereocenters. The van der Waals surface area contributed by atoms with Gasteiger partial charge in [-0.2, -0.15) is 0 Å². The third kappa shape index (κ3) is 3.91. The molecule has 100 valence electrons. The van der Waals surface area contributed by atoms with Gasteiger partial charge in [-0.05, 0) is 23.3 Å². The normalized spacial score (nSPS) is 13.0. The Balaban J connectivity index is 2.17. The van der Waals surface area contributed by atoms with E-state index in [9.17, 15) is 9.67 Å². The third-order valence-electron chi connectivity index (χ3n) is 2.54. The van der Waals surface area contributed by atoms with E-state index in [4.69, 9.17) is 9.79 Å². The molecule has 0 aliphatic heterocycles. The van der Waals surface area contributed by atoms with Crippen LogP contribution < -0.4 is 4.52 Å². The highest BCUT2D eigenvalue weighted by Gasteiger charge is 2.16. The first-order valence-corrected chi connectivity index (χ1v) is 7.07. The number of hydrogen-bond acceptors (Lipinski definition) is 3. The van der Waals surface area contributed by atoms with Crippen molar-refractivity contribution in [2.24, 2.45) is 0 Å². The van der Waals surface area contributed by atoms with Crippen LogP contribution in [0, 0.1) is 0 Å². The van der Waals surface area contributed by atoms with Crippen molar-refractivity contribution in [3.8, 4) is 5.75 Å². The molecule has 0 aromatic heterocycles. The molecule has 0 heterocycles. The number of hydrogen-bond donors (Lipinski definition) is 3. The van der Waals surface area contributed by atoms with Crippen LogP contribution in [0.5, 0.6) is 5.75 Å². The largest absolute Gasteiger partial charge is 0.524 e. The fraction of sp³-hybridized carbons (Fsp3) is 0.0769. The Hall–Kier alpha value is -1.65. The molecule has 3 N–H and O–H groups in total. The van der Waals surface area contributed by atoms with Crippen LogP contribution in [0.4, 0.5) is 0 Å². The summed E-state index contributed by atoms with van der Waals surface area (Å²) >= 11 is 0. The van der Waals surface area contributed by atoms with Crippen LogP contribution in [0.25, 0.3) is 0 Å². The van der Waals surface area contributed by atoms with Crippen molar-refractivity contribution in [2.75, 3.05) is 0 Å². The van der Waals surface area contributed by atoms with Gasteiger partial charge in [-0.15, -0.1) is 0 Å². The number of phosphoric acid groups is 1. The Kier molecular flexibility index (Phi) is 4.02. The number of phosphoric ester groups is 1. The van der Waals surface area contributed by atoms with Gasteiger partial charge in [-0.25, -0.2) is 4.57 Å². The van der Waals surface area contributed by atoms with Gasteiger partial charge in [0.15, 0.2) is 0 Å². The first-order valence-electron chi connectivity index (χ1n) is 5.54. The van der Waals surface area contributed by atoms with E-state index in [1.54, 1.807) is 24.3 Å². The van der Waals surface area contributed by atoms with Crippen molar-refractivity contribution in [3.05, 3.63) is 65.7 Å². The molecule has 5 nitrogen and oxygen atoms in total. The first-order chi connectivity index (χ1) is 8.96. The fourth-order valence-electron chi connectivity index (χ4n) is 1.68. The maximum absolute atomic E-state index is 10.7. The molecule has 2 aromatic carbocycles. The van der Waals surface area contributed by atoms with Crippen molar-refractivity contribution in [3.63, 3.8) is 0 Å². The van der Waals surface area contributed by atoms with Crippen LogP contribution in [0.15, 0.2) is 54.6 Å². The summed E-state index contributed by atoms with van der Waals surface area (Å²) in [7, 11) is -4.55. The highest BCUT2D eigenvalue weighted by atomic mass is 31.2. The number of aliphatic hydroxyl groups is 1. The number of rotatable bonds is 4. The zero-order valence-electron chi connectivity index (χ0n) is 9.88. The summed E-state index contributed by atoms with van der Waals surface area (Å²) in [5.74, 6) is 0.0531. The molecule has 0 aliphatic carbocycles. The Morgan fingerprint density at radius 2 is 1.42 bits per heavy atom. The van der Waals surface area contributed by atoms with Crippen molar-refractivity contribution in [1.29, 1.82) is 0 Å². The lowest BCUT2D eigenvalue weighted by Gasteiger charge is -2.12. The lowest BCUT2D eigenvalue weighted by atomic mass is 10.0. The van der Waals surface area contributed by atoms with Gasteiger partial charge in [0, 0.05) is 0 Å². The van der Waals surface area contributed by atoms with Gasteiger partial charge >= 0.3 is 7.82 Å². The quantitative estimate of drug-likeness (QED) is 0.748. The SMILES string of the molecule is O=P(O)(O)Oc1ccc(C(O)c2ccccc2)cc1. The van der Waals surface area contributed by atoms with Gasteiger partial charge in [-0.3, -0.25) is 9.79 Å². The molecule has 0 saturated carbocycles. The third-order valence-corrected chi connectivity index (χ3v) is 2.98. The zero-order chi connectivity index (χ0) is 13.9. The molecule has 0 spiro atoms. The predicted octanol–water partition coefficient (Wildman–Crippen LogP) is 2.24. The lowest BCUT2D eigenvalue weighted by molar-refractivity contribution is 0.220. The maximum Gasteiger partial charge on any atom is 0.524 e. The van der Waals surface area contributed by atoms with E-state index in [2.05, 4.69) is 4.52 Å². The van der Waals surface area contributed by atoms with E-state index in [0.717, 1.165) is 5.56 Å². The lowest BCUT2D eigenvalue weighted by Crippen LogP contribution is -1.99. The summed E-state index contributed by atoms with van der Waals surface area (Å²) < 4.78 is 15.1. The second-order valence-electron chi connectivity index (χ2n) is 3.96. The monoisotopic (exact) mass is 280 g/mol. The Morgan fingerprint density at radius 3 is 1.95 bits per heavy atom. The fourth-order valence-corrected chi connectivity index (χ4v) is 2.07. The predicted molar refractivity (Wildman–Crippen MR) is 69.6 cm³/mol. The molecule has 19 heavy (non-hydrogen) atoms. The van der Waals surface area contributed by atoms with Crippen LogP contribution >= 0.6 is 7.82 Å². The van der Waals surface area contributed by atoms with Gasteiger partial charge in [0.1, 0.15) is 11.9 Å². The summed E-state index contributed by atoms with van der Waals surface area (Å²) in [6.07, 6.45) is -0.787. The molecule has 2 rings (SSSR count). The smallest absolute Gasteiger partial charge is 0.404 e. The molecule has 0 radical (unpaired) electrons. The van der Waals surface area contributed by atoms with Gasteiger partial charge in [0.2, 0.25) is 0 Å². The summed E-state index contributed by atoms with van der Waals surface area (Å²) in [5, 5.41) is 10.1. The van der Waals surface area contributed by atoms with Crippen LogP contribution in [0.3, 0.4) is 0 Å². The minimum atomic E-state index is -4.55. The molecular formula is C13H13O5P. The highest BCUT2D eigenvalue weighted by Crippen LogP contribution is 2.37. The van der Waals surface area contributed by atoms with E-state index >= 15 is 0 Å². The topological polar surface area (TPSA) is 87.0 Å². The van der Waals surface area contributed by atoms with Gasteiger partial charge in [-0.1, -0.05) is 42.5 Å². The van der Waals surface area contributed by atoms with E-state index in [1.807, 2.05) is 18.2 Å². The van der Waals surface area contributed by atoms with E-state index in [-0.39, 0.29) is 5.75 Å². The van der Waals surface area contributed by atoms with Crippen LogP contribution in [-0.2, 0) is 4.57 Å². The van der Waals surface area contributed by atoms with Gasteiger partial charge < -0.3 is 9.63 Å². The molecule has 0 saturated heterocycles. The molecule has 0 aliphatic rings. The van der Waals surface area contributed by atoms with Crippen LogP contribution in [-0.4, -0.2) is 14.9 Å². The summed E-state index contributed by atoms with van der Waals surface area (Å²) in [5.41, 5.74) is 1.36. The Morgan fingerprint density at radius 1 is 0.895 bits per heavy atom. The maximum atomic E-state index is 10.7. The van der Waals surface area contributed by atoms with Crippen molar-refractivity contribution < 1.29 is 24.0 Å². The zero-order valence-corrected chi connectivity index (χ0v) is 10.8. The van der Waals surface area contributed by atoms with Crippen molar-refractivity contribution >= 4 is 7.82 Å². The van der Waals surface area contributed by atoms with Gasteiger partial charge in [0.25, 0.3) is 0 Å². The van der Waals surface area contributed by atoms with Crippen LogP contribution in [0.1, 0.15) is 17.2 Å². The number of aliphatic hydroxyl groups excluding tert-OH is 1. The van der Waals surface area contributed by atoms with Crippen LogP contribution in [0.2, 0.25) is 0 Å². The summed E-state index contributed by atoms with van der Waals surface area (Å²) in [6.45, 7) is 0. The minimum Gasteiger partial charge on any atom is -0.404 e. The standard InChI is InChI=1S/C13H13O5P/c14-13(10-4-2-1-3-5-10)11-6-8-12(9-7-11)18-19(15,16)17/h1-9,13-14H,(H2,15,16,17). The highest BCUT2D eigenvalue weighted by molar-refractivity contribution is 7.46. The van der Waals surface area contributed by atoms with E-state index in [0.29, 0.717) is 5.56 Å². The molecule has 0 fully saturated rings. The Labute approximate surface area is 110 Å². The molecule has 0 amide bonds. The van der Waals surface area contributed by atoms with Gasteiger partial charge in [0.05, 0.1) is 0 Å². The number of benzene rings is 2. The summed E-state index contributed by atoms with van der Waals surface area (Å²) in [6, 6.07) is 15.0. The van der Waals surface area contributed by atoms with Crippen molar-refractivity contribution in [2.45, 2.75) is 6.10 Å². The summed E-state index contributed by atoms with van der Waals surface area (Å²) in [4.78, 5) is 17.3. The van der Waals surface area contributed by atoms with E-state index < -0.39 is 13.9 Å². The average Bonchev–Trinajstić information content (AvgIpc) is 2.38. The molecule has 0 bridgehead atoms. The first kappa shape index (κ1) is 13.8. The minimum absolute atomic E-state index is 0.0531. The molecular weight excluding hydrogens is 267 g/mol. The van der Waals surface area contributed by atoms with E-state index in [1.165, 1.54) is 12.1 Å². The second kappa shape index (κ2) is 5.55. The molecule has 2 aromatic rings. The molecule has 6 heteroatoms. The Bertz CT molecular complexity index is 576. The second-order valence-corrected chi connectivity index (χ2v) is 5.13.